The maximum Gasteiger partial charge on any atom is 0.339 e. The van der Waals surface area contributed by atoms with E-state index in [2.05, 4.69) is 10.6 Å². The summed E-state index contributed by atoms with van der Waals surface area (Å²) in [7, 11) is 0. The van der Waals surface area contributed by atoms with E-state index in [0.717, 1.165) is 30.4 Å². The molecule has 2 amide bonds. The highest BCUT2D eigenvalue weighted by Crippen LogP contribution is 2.43. The number of amides is 2. The molecule has 2 atom stereocenters. The summed E-state index contributed by atoms with van der Waals surface area (Å²) in [4.78, 5) is 38.3. The van der Waals surface area contributed by atoms with Gasteiger partial charge in [0.25, 0.3) is 5.91 Å². The summed E-state index contributed by atoms with van der Waals surface area (Å²) in [6.07, 6.45) is 3.91. The lowest BCUT2D eigenvalue weighted by molar-refractivity contribution is -0.130. The van der Waals surface area contributed by atoms with Gasteiger partial charge >= 0.3 is 5.63 Å². The van der Waals surface area contributed by atoms with Crippen molar-refractivity contribution in [3.05, 3.63) is 33.2 Å². The van der Waals surface area contributed by atoms with Crippen molar-refractivity contribution in [2.45, 2.75) is 91.4 Å². The van der Waals surface area contributed by atoms with Gasteiger partial charge in [-0.1, -0.05) is 13.8 Å². The lowest BCUT2D eigenvalue weighted by atomic mass is 9.92. The average Bonchev–Trinajstić information content (AvgIpc) is 3.36. The summed E-state index contributed by atoms with van der Waals surface area (Å²) in [6.45, 7) is 12.4. The molecule has 2 aromatic rings. The molecule has 38 heavy (non-hydrogen) atoms. The van der Waals surface area contributed by atoms with Crippen molar-refractivity contribution in [1.82, 2.24) is 10.6 Å². The maximum atomic E-state index is 13.0. The molecule has 208 valence electrons. The molecule has 1 fully saturated rings. The van der Waals surface area contributed by atoms with Crippen molar-refractivity contribution in [2.24, 2.45) is 5.92 Å². The summed E-state index contributed by atoms with van der Waals surface area (Å²) >= 11 is 0. The third-order valence-electron chi connectivity index (χ3n) is 7.35. The first-order valence-electron chi connectivity index (χ1n) is 13.6. The van der Waals surface area contributed by atoms with Crippen LogP contribution in [0.25, 0.3) is 11.0 Å². The minimum absolute atomic E-state index is 0.0221. The zero-order valence-corrected chi connectivity index (χ0v) is 23.3. The van der Waals surface area contributed by atoms with Crippen LogP contribution in [-0.4, -0.2) is 49.3 Å². The number of carbonyl (C=O) groups is 2. The van der Waals surface area contributed by atoms with Gasteiger partial charge in [0, 0.05) is 30.3 Å². The number of aryl methyl sites for hydroxylation is 2. The molecule has 1 aromatic heterocycles. The number of hydrogen-bond acceptors (Lipinski definition) is 7. The molecule has 4 rings (SSSR count). The third kappa shape index (κ3) is 6.31. The number of fused-ring (bicyclic) bond motifs is 3. The Kier molecular flexibility index (Phi) is 8.35. The van der Waals surface area contributed by atoms with E-state index in [9.17, 15) is 14.4 Å². The highest BCUT2D eigenvalue weighted by molar-refractivity contribution is 5.93. The first-order valence-corrected chi connectivity index (χ1v) is 13.6. The van der Waals surface area contributed by atoms with Crippen molar-refractivity contribution < 1.29 is 28.2 Å². The van der Waals surface area contributed by atoms with E-state index in [4.69, 9.17) is 18.6 Å². The monoisotopic (exact) mass is 528 g/mol. The zero-order chi connectivity index (χ0) is 27.6. The van der Waals surface area contributed by atoms with E-state index < -0.39 is 17.6 Å². The van der Waals surface area contributed by atoms with Crippen molar-refractivity contribution in [3.8, 4) is 11.5 Å². The van der Waals surface area contributed by atoms with Crippen LogP contribution in [0.5, 0.6) is 11.5 Å². The number of carbonyl (C=O) groups excluding carboxylic acids is 2. The second kappa shape index (κ2) is 11.4. The molecule has 0 saturated carbocycles. The van der Waals surface area contributed by atoms with E-state index in [1.54, 1.807) is 13.0 Å². The van der Waals surface area contributed by atoms with Crippen LogP contribution in [0.2, 0.25) is 0 Å². The lowest BCUT2D eigenvalue weighted by Gasteiger charge is -2.33. The van der Waals surface area contributed by atoms with Gasteiger partial charge < -0.3 is 29.3 Å². The number of nitrogens with one attached hydrogen (secondary N) is 2. The fourth-order valence-corrected chi connectivity index (χ4v) is 5.07. The smallest absolute Gasteiger partial charge is 0.339 e. The van der Waals surface area contributed by atoms with Crippen LogP contribution in [0, 0.1) is 19.8 Å². The molecule has 1 unspecified atom stereocenters. The Balaban J connectivity index is 1.53. The van der Waals surface area contributed by atoms with Gasteiger partial charge in [-0.15, -0.1) is 0 Å². The van der Waals surface area contributed by atoms with Crippen LogP contribution in [0.1, 0.15) is 70.1 Å². The Bertz CT molecular complexity index is 1260. The Hall–Kier alpha value is -3.07. The lowest BCUT2D eigenvalue weighted by Crippen LogP contribution is -2.49. The van der Waals surface area contributed by atoms with Crippen LogP contribution in [-0.2, 0) is 20.7 Å². The molecule has 0 aliphatic carbocycles. The van der Waals surface area contributed by atoms with Crippen LogP contribution >= 0.6 is 0 Å². The second-order valence-electron chi connectivity index (χ2n) is 11.5. The number of ether oxygens (including phenoxy) is 3. The second-order valence-corrected chi connectivity index (χ2v) is 11.5. The normalized spacial score (nSPS) is 19.1. The van der Waals surface area contributed by atoms with Gasteiger partial charge in [0.1, 0.15) is 28.7 Å². The van der Waals surface area contributed by atoms with Crippen LogP contribution < -0.4 is 25.7 Å². The van der Waals surface area contributed by atoms with Gasteiger partial charge in [0.15, 0.2) is 6.61 Å². The fraction of sp³-hybridized carbons (Fsp3) is 0.621. The largest absolute Gasteiger partial charge is 0.487 e. The van der Waals surface area contributed by atoms with Crippen LogP contribution in [0.15, 0.2) is 15.3 Å². The summed E-state index contributed by atoms with van der Waals surface area (Å²) in [6, 6.07) is 1.09. The predicted octanol–water partition coefficient (Wildman–Crippen LogP) is 3.72. The molecular formula is C29H40N2O7. The molecule has 9 heteroatoms. The molecule has 1 aromatic carbocycles. The van der Waals surface area contributed by atoms with Crippen LogP contribution in [0.4, 0.5) is 0 Å². The standard InChI is InChI=1S/C29H40N2O7/c1-16(2)12-21(27(33)30-14-19-8-7-11-35-19)31-24(32)15-36-23-13-22-20(9-10-29(5,6)38-22)26-25(23)17(3)18(4)28(34)37-26/h13,16,19,21H,7-12,14-15H2,1-6H3,(H,30,33)(H,31,32)/t19?,21-/m0/s1. The van der Waals surface area contributed by atoms with Gasteiger partial charge in [-0.05, 0) is 71.3 Å². The minimum atomic E-state index is -0.682. The van der Waals surface area contributed by atoms with Crippen molar-refractivity contribution in [2.75, 3.05) is 19.8 Å². The number of hydrogen-bond donors (Lipinski definition) is 2. The van der Waals surface area contributed by atoms with Gasteiger partial charge in [0.2, 0.25) is 5.91 Å². The topological polar surface area (TPSA) is 116 Å². The van der Waals surface area contributed by atoms with E-state index in [1.807, 2.05) is 34.6 Å². The Labute approximate surface area is 223 Å². The van der Waals surface area contributed by atoms with E-state index in [1.165, 1.54) is 0 Å². The SMILES string of the molecule is Cc1c(C)c2c(OCC(=O)N[C@@H](CC(C)C)C(=O)NCC3CCCO3)cc3c(c2oc1=O)CCC(C)(C)O3. The predicted molar refractivity (Wildman–Crippen MR) is 144 cm³/mol. The molecule has 0 radical (unpaired) electrons. The molecule has 2 N–H and O–H groups in total. The minimum Gasteiger partial charge on any atom is -0.487 e. The summed E-state index contributed by atoms with van der Waals surface area (Å²) < 4.78 is 23.5. The number of rotatable bonds is 9. The average molecular weight is 529 g/mol. The first-order chi connectivity index (χ1) is 17.9. The van der Waals surface area contributed by atoms with Crippen molar-refractivity contribution in [3.63, 3.8) is 0 Å². The molecule has 0 bridgehead atoms. The number of benzene rings is 1. The quantitative estimate of drug-likeness (QED) is 0.477. The van der Waals surface area contributed by atoms with Crippen molar-refractivity contribution in [1.29, 1.82) is 0 Å². The van der Waals surface area contributed by atoms with E-state index in [0.29, 0.717) is 54.0 Å². The molecule has 2 aliphatic rings. The highest BCUT2D eigenvalue weighted by atomic mass is 16.5. The zero-order valence-electron chi connectivity index (χ0n) is 23.3. The molecule has 0 spiro atoms. The molecule has 9 nitrogen and oxygen atoms in total. The van der Waals surface area contributed by atoms with Crippen LogP contribution in [0.3, 0.4) is 0 Å². The maximum absolute atomic E-state index is 13.0. The summed E-state index contributed by atoms with van der Waals surface area (Å²) in [5, 5.41) is 6.40. The Morgan fingerprint density at radius 3 is 2.66 bits per heavy atom. The van der Waals surface area contributed by atoms with Gasteiger partial charge in [-0.2, -0.15) is 0 Å². The summed E-state index contributed by atoms with van der Waals surface area (Å²) in [5.41, 5.74) is 1.72. The molecule has 1 saturated heterocycles. The van der Waals surface area contributed by atoms with E-state index in [-0.39, 0.29) is 30.1 Å². The summed E-state index contributed by atoms with van der Waals surface area (Å²) in [5.74, 6) is 0.543. The van der Waals surface area contributed by atoms with E-state index >= 15 is 0 Å². The van der Waals surface area contributed by atoms with Gasteiger partial charge in [-0.25, -0.2) is 4.79 Å². The Morgan fingerprint density at radius 1 is 1.21 bits per heavy atom. The van der Waals surface area contributed by atoms with Crippen molar-refractivity contribution >= 4 is 22.8 Å². The molecule has 2 aliphatic heterocycles. The molecular weight excluding hydrogens is 488 g/mol. The highest BCUT2D eigenvalue weighted by Gasteiger charge is 2.31. The van der Waals surface area contributed by atoms with Gasteiger partial charge in [0.05, 0.1) is 11.5 Å². The molecule has 3 heterocycles. The fourth-order valence-electron chi connectivity index (χ4n) is 5.07. The first kappa shape index (κ1) is 28.0. The third-order valence-corrected chi connectivity index (χ3v) is 7.35. The van der Waals surface area contributed by atoms with Gasteiger partial charge in [-0.3, -0.25) is 9.59 Å². The Morgan fingerprint density at radius 2 is 1.97 bits per heavy atom.